The van der Waals surface area contributed by atoms with Gasteiger partial charge in [0.25, 0.3) is 5.91 Å². The Kier molecular flexibility index (Phi) is 8.91. The van der Waals surface area contributed by atoms with E-state index in [1.54, 1.807) is 6.07 Å². The molecule has 1 amide bonds. The highest BCUT2D eigenvalue weighted by Crippen LogP contribution is 2.31. The summed E-state index contributed by atoms with van der Waals surface area (Å²) in [6, 6.07) is 20.4. The molecule has 2 aliphatic rings. The average molecular weight is 619 g/mol. The van der Waals surface area contributed by atoms with Crippen LogP contribution in [0.15, 0.2) is 72.8 Å². The van der Waals surface area contributed by atoms with Gasteiger partial charge in [-0.05, 0) is 97.9 Å². The van der Waals surface area contributed by atoms with Crippen LogP contribution in [0.25, 0.3) is 23.1 Å². The van der Waals surface area contributed by atoms with Crippen LogP contribution in [0.1, 0.15) is 58.3 Å². The summed E-state index contributed by atoms with van der Waals surface area (Å²) in [5, 5.41) is 4.68. The Labute approximate surface area is 260 Å². The topological polar surface area (TPSA) is 48.5 Å². The number of rotatable bonds is 8. The number of nitrogens with zero attached hydrogens (tertiary/aromatic N) is 3. The van der Waals surface area contributed by atoms with Crippen molar-refractivity contribution in [2.45, 2.75) is 44.4 Å². The van der Waals surface area contributed by atoms with Crippen LogP contribution in [-0.2, 0) is 12.7 Å². The van der Waals surface area contributed by atoms with E-state index in [9.17, 15) is 18.0 Å². The maximum atomic E-state index is 14.2. The molecule has 3 heterocycles. The zero-order chi connectivity index (χ0) is 30.7. The lowest BCUT2D eigenvalue weighted by Crippen LogP contribution is -2.42. The van der Waals surface area contributed by atoms with Crippen molar-refractivity contribution in [1.29, 1.82) is 0 Å². The van der Waals surface area contributed by atoms with E-state index in [0.29, 0.717) is 34.0 Å². The van der Waals surface area contributed by atoms with E-state index >= 15 is 0 Å². The fraction of sp³-hybridized carbons (Fsp3) is 0.314. The number of hydrogen-bond acceptors (Lipinski definition) is 4. The summed E-state index contributed by atoms with van der Waals surface area (Å²) < 4.78 is 39.0. The van der Waals surface area contributed by atoms with Gasteiger partial charge in [0.15, 0.2) is 0 Å². The van der Waals surface area contributed by atoms with E-state index in [2.05, 4.69) is 10.2 Å². The number of carbonyl (C=O) groups excluding carboxylic acids is 1. The first-order valence-corrected chi connectivity index (χ1v) is 15.4. The Morgan fingerprint density at radius 1 is 0.909 bits per heavy atom. The maximum absolute atomic E-state index is 14.2. The van der Waals surface area contributed by atoms with Crippen LogP contribution in [0.5, 0.6) is 0 Å². The van der Waals surface area contributed by atoms with Gasteiger partial charge in [-0.3, -0.25) is 4.79 Å². The minimum absolute atomic E-state index is 0.0180. The van der Waals surface area contributed by atoms with Gasteiger partial charge in [0, 0.05) is 36.1 Å². The predicted molar refractivity (Wildman–Crippen MR) is 171 cm³/mol. The summed E-state index contributed by atoms with van der Waals surface area (Å²) in [5.74, 6) is 0.482. The first-order valence-electron chi connectivity index (χ1n) is 15.0. The van der Waals surface area contributed by atoms with E-state index in [4.69, 9.17) is 16.6 Å². The molecule has 5 nitrogen and oxygen atoms in total. The predicted octanol–water partition coefficient (Wildman–Crippen LogP) is 8.39. The third kappa shape index (κ3) is 7.08. The second kappa shape index (κ2) is 13.0. The van der Waals surface area contributed by atoms with Crippen molar-refractivity contribution in [3.05, 3.63) is 106 Å². The van der Waals surface area contributed by atoms with Crippen molar-refractivity contribution in [1.82, 2.24) is 14.8 Å². The Hall–Kier alpha value is -3.88. The minimum Gasteiger partial charge on any atom is -0.366 e. The average Bonchev–Trinajstić information content (AvgIpc) is 3.71. The van der Waals surface area contributed by atoms with Gasteiger partial charge < -0.3 is 15.1 Å². The molecule has 0 radical (unpaired) electrons. The summed E-state index contributed by atoms with van der Waals surface area (Å²) in [6.07, 6.45) is 3.98. The van der Waals surface area contributed by atoms with Crippen molar-refractivity contribution in [3.63, 3.8) is 0 Å². The zero-order valence-corrected chi connectivity index (χ0v) is 25.0. The molecule has 44 heavy (non-hydrogen) atoms. The number of fused-ring (bicyclic) bond motifs is 1. The number of pyridine rings is 1. The fourth-order valence-corrected chi connectivity index (χ4v) is 6.22. The smallest absolute Gasteiger partial charge is 0.366 e. The highest BCUT2D eigenvalue weighted by atomic mass is 35.5. The molecule has 2 saturated heterocycles. The number of amides is 1. The van der Waals surface area contributed by atoms with E-state index in [1.807, 2.05) is 59.5 Å². The molecule has 9 heteroatoms. The SMILES string of the molecule is O=C(c1cc(NCc2ccc(C(F)(F)F)cc2)nc2ccc(/C=C/c3ccc(Cl)cc3)cc12)N1CCC[C@H]1CN1CCCC1. The number of carbonyl (C=O) groups is 1. The lowest BCUT2D eigenvalue weighted by molar-refractivity contribution is -0.137. The van der Waals surface area contributed by atoms with Crippen LogP contribution >= 0.6 is 11.6 Å². The number of alkyl halides is 3. The number of aromatic nitrogens is 1. The first kappa shape index (κ1) is 30.2. The second-order valence-electron chi connectivity index (χ2n) is 11.6. The molecule has 2 fully saturated rings. The van der Waals surface area contributed by atoms with Crippen molar-refractivity contribution < 1.29 is 18.0 Å². The molecule has 6 rings (SSSR count). The third-order valence-corrected chi connectivity index (χ3v) is 8.71. The summed E-state index contributed by atoms with van der Waals surface area (Å²) >= 11 is 6.03. The highest BCUT2D eigenvalue weighted by Gasteiger charge is 2.33. The summed E-state index contributed by atoms with van der Waals surface area (Å²) in [4.78, 5) is 23.5. The number of likely N-dealkylation sites (tertiary alicyclic amines) is 2. The quantitative estimate of drug-likeness (QED) is 0.202. The fourth-order valence-electron chi connectivity index (χ4n) is 6.10. The minimum atomic E-state index is -4.38. The number of halogens is 4. The summed E-state index contributed by atoms with van der Waals surface area (Å²) in [6.45, 7) is 4.04. The van der Waals surface area contributed by atoms with E-state index in [0.717, 1.165) is 61.1 Å². The van der Waals surface area contributed by atoms with Crippen molar-refractivity contribution in [3.8, 4) is 0 Å². The van der Waals surface area contributed by atoms with Crippen LogP contribution in [0.4, 0.5) is 19.0 Å². The van der Waals surface area contributed by atoms with Gasteiger partial charge in [-0.25, -0.2) is 4.98 Å². The number of benzene rings is 3. The molecule has 1 aromatic heterocycles. The molecule has 3 aromatic carbocycles. The molecule has 1 N–H and O–H groups in total. The number of anilines is 1. The highest BCUT2D eigenvalue weighted by molar-refractivity contribution is 6.30. The molecular formula is C35H34ClF3N4O. The second-order valence-corrected chi connectivity index (χ2v) is 12.0. The van der Waals surface area contributed by atoms with Gasteiger partial charge >= 0.3 is 6.18 Å². The van der Waals surface area contributed by atoms with Gasteiger partial charge in [0.2, 0.25) is 0 Å². The summed E-state index contributed by atoms with van der Waals surface area (Å²) in [7, 11) is 0. The van der Waals surface area contributed by atoms with Crippen molar-refractivity contribution in [2.24, 2.45) is 0 Å². The normalized spacial score (nSPS) is 17.6. The Morgan fingerprint density at radius 2 is 1.61 bits per heavy atom. The van der Waals surface area contributed by atoms with Gasteiger partial charge in [0.1, 0.15) is 5.82 Å². The van der Waals surface area contributed by atoms with Gasteiger partial charge in [-0.1, -0.05) is 54.1 Å². The Bertz CT molecular complexity index is 1650. The van der Waals surface area contributed by atoms with Crippen LogP contribution in [0.2, 0.25) is 5.02 Å². The third-order valence-electron chi connectivity index (χ3n) is 8.46. The summed E-state index contributed by atoms with van der Waals surface area (Å²) in [5.41, 5.74) is 3.18. The maximum Gasteiger partial charge on any atom is 0.416 e. The Balaban J connectivity index is 1.30. The molecule has 0 saturated carbocycles. The zero-order valence-electron chi connectivity index (χ0n) is 24.3. The molecule has 2 aliphatic heterocycles. The van der Waals surface area contributed by atoms with Crippen molar-refractivity contribution >= 4 is 46.4 Å². The molecule has 0 aliphatic carbocycles. The molecule has 1 atom stereocenters. The number of nitrogens with one attached hydrogen (secondary N) is 1. The largest absolute Gasteiger partial charge is 0.416 e. The monoisotopic (exact) mass is 618 g/mol. The van der Waals surface area contributed by atoms with Crippen LogP contribution in [-0.4, -0.2) is 52.9 Å². The van der Waals surface area contributed by atoms with Gasteiger partial charge in [-0.15, -0.1) is 0 Å². The molecule has 228 valence electrons. The molecule has 4 aromatic rings. The van der Waals surface area contributed by atoms with Gasteiger partial charge in [-0.2, -0.15) is 13.2 Å². The van der Waals surface area contributed by atoms with Crippen LogP contribution < -0.4 is 5.32 Å². The van der Waals surface area contributed by atoms with E-state index < -0.39 is 11.7 Å². The lowest BCUT2D eigenvalue weighted by atomic mass is 10.0. The van der Waals surface area contributed by atoms with E-state index in [-0.39, 0.29) is 18.5 Å². The lowest BCUT2D eigenvalue weighted by Gasteiger charge is -2.29. The van der Waals surface area contributed by atoms with E-state index in [1.165, 1.54) is 25.0 Å². The van der Waals surface area contributed by atoms with Crippen LogP contribution in [0, 0.1) is 0 Å². The van der Waals surface area contributed by atoms with Crippen molar-refractivity contribution in [2.75, 3.05) is 31.5 Å². The number of hydrogen-bond donors (Lipinski definition) is 1. The standard InChI is InChI=1S/C35H34ClF3N4O/c36-28-14-9-24(10-15-28)5-6-25-11-16-32-30(20-25)31(34(44)43-19-3-4-29(43)23-42-17-1-2-18-42)21-33(41-32)40-22-26-7-12-27(13-8-26)35(37,38)39/h5-16,20-21,29H,1-4,17-19,22-23H2,(H,40,41)/b6-5+/t29-/m0/s1. The van der Waals surface area contributed by atoms with Crippen LogP contribution in [0.3, 0.4) is 0 Å². The first-order chi connectivity index (χ1) is 21.2. The molecule has 0 spiro atoms. The van der Waals surface area contributed by atoms with Gasteiger partial charge in [0.05, 0.1) is 16.6 Å². The Morgan fingerprint density at radius 3 is 2.34 bits per heavy atom. The molecular weight excluding hydrogens is 585 g/mol. The molecule has 0 unspecified atom stereocenters. The molecule has 0 bridgehead atoms.